The molecular formula is C12H16N2O. The van der Waals surface area contributed by atoms with Crippen LogP contribution in [0.4, 0.5) is 5.69 Å². The van der Waals surface area contributed by atoms with Crippen LogP contribution in [0.25, 0.3) is 0 Å². The predicted octanol–water partition coefficient (Wildman–Crippen LogP) is 1.63. The fourth-order valence-corrected chi connectivity index (χ4v) is 2.04. The molecule has 2 rings (SSSR count). The van der Waals surface area contributed by atoms with E-state index in [-0.39, 0.29) is 5.91 Å². The SMILES string of the molecule is CCC(CN)c1ccc2c(c1)CC(=O)N2. The quantitative estimate of drug-likeness (QED) is 0.786. The van der Waals surface area contributed by atoms with E-state index in [1.54, 1.807) is 0 Å². The minimum atomic E-state index is 0.0861. The Labute approximate surface area is 89.7 Å². The molecule has 1 aromatic rings. The van der Waals surface area contributed by atoms with Crippen LogP contribution < -0.4 is 11.1 Å². The summed E-state index contributed by atoms with van der Waals surface area (Å²) >= 11 is 0. The van der Waals surface area contributed by atoms with Crippen molar-refractivity contribution >= 4 is 11.6 Å². The zero-order valence-corrected chi connectivity index (χ0v) is 8.92. The fourth-order valence-electron chi connectivity index (χ4n) is 2.04. The lowest BCUT2D eigenvalue weighted by atomic mass is 9.94. The summed E-state index contributed by atoms with van der Waals surface area (Å²) in [5.41, 5.74) is 9.01. The highest BCUT2D eigenvalue weighted by atomic mass is 16.1. The molecule has 80 valence electrons. The summed E-state index contributed by atoms with van der Waals surface area (Å²) in [4.78, 5) is 11.2. The van der Waals surface area contributed by atoms with E-state index in [9.17, 15) is 4.79 Å². The third-order valence-corrected chi connectivity index (χ3v) is 3.00. The van der Waals surface area contributed by atoms with Crippen LogP contribution in [0.15, 0.2) is 18.2 Å². The number of benzene rings is 1. The Balaban J connectivity index is 2.30. The summed E-state index contributed by atoms with van der Waals surface area (Å²) < 4.78 is 0. The third kappa shape index (κ3) is 1.88. The molecular weight excluding hydrogens is 188 g/mol. The van der Waals surface area contributed by atoms with E-state index < -0.39 is 0 Å². The summed E-state index contributed by atoms with van der Waals surface area (Å²) in [6, 6.07) is 6.15. The first kappa shape index (κ1) is 10.2. The van der Waals surface area contributed by atoms with Crippen LogP contribution in [0.2, 0.25) is 0 Å². The first-order valence-corrected chi connectivity index (χ1v) is 5.37. The van der Waals surface area contributed by atoms with E-state index in [1.165, 1.54) is 5.56 Å². The molecule has 1 aliphatic heterocycles. The standard InChI is InChI=1S/C12H16N2O/c1-2-8(7-13)9-3-4-11-10(5-9)6-12(15)14-11/h3-5,8H,2,6-7,13H2,1H3,(H,14,15). The van der Waals surface area contributed by atoms with Gasteiger partial charge in [-0.2, -0.15) is 0 Å². The minimum absolute atomic E-state index is 0.0861. The Morgan fingerprint density at radius 1 is 1.53 bits per heavy atom. The molecule has 3 nitrogen and oxygen atoms in total. The van der Waals surface area contributed by atoms with Crippen molar-refractivity contribution in [3.63, 3.8) is 0 Å². The number of hydrogen-bond acceptors (Lipinski definition) is 2. The van der Waals surface area contributed by atoms with E-state index in [4.69, 9.17) is 5.73 Å². The first-order valence-electron chi connectivity index (χ1n) is 5.37. The Morgan fingerprint density at radius 3 is 3.00 bits per heavy atom. The van der Waals surface area contributed by atoms with Crippen LogP contribution in [0.3, 0.4) is 0 Å². The van der Waals surface area contributed by atoms with Crippen LogP contribution in [-0.2, 0) is 11.2 Å². The molecule has 1 amide bonds. The number of hydrogen-bond donors (Lipinski definition) is 2. The second kappa shape index (κ2) is 4.03. The molecule has 0 aromatic heterocycles. The van der Waals surface area contributed by atoms with Gasteiger partial charge in [0.05, 0.1) is 6.42 Å². The van der Waals surface area contributed by atoms with Gasteiger partial charge in [0, 0.05) is 5.69 Å². The van der Waals surface area contributed by atoms with Crippen molar-refractivity contribution in [2.75, 3.05) is 11.9 Å². The van der Waals surface area contributed by atoms with Crippen molar-refractivity contribution in [3.05, 3.63) is 29.3 Å². The summed E-state index contributed by atoms with van der Waals surface area (Å²) in [7, 11) is 0. The number of carbonyl (C=O) groups excluding carboxylic acids is 1. The predicted molar refractivity (Wildman–Crippen MR) is 60.9 cm³/mol. The van der Waals surface area contributed by atoms with E-state index in [0.29, 0.717) is 18.9 Å². The van der Waals surface area contributed by atoms with Crippen molar-refractivity contribution in [2.45, 2.75) is 25.7 Å². The normalized spacial score (nSPS) is 16.0. The molecule has 0 fully saturated rings. The Morgan fingerprint density at radius 2 is 2.33 bits per heavy atom. The Bertz CT molecular complexity index is 383. The van der Waals surface area contributed by atoms with Gasteiger partial charge >= 0.3 is 0 Å². The van der Waals surface area contributed by atoms with Crippen LogP contribution in [0.1, 0.15) is 30.4 Å². The van der Waals surface area contributed by atoms with Gasteiger partial charge in [-0.3, -0.25) is 4.79 Å². The van der Waals surface area contributed by atoms with Gasteiger partial charge in [0.25, 0.3) is 0 Å². The van der Waals surface area contributed by atoms with E-state index >= 15 is 0 Å². The number of carbonyl (C=O) groups is 1. The molecule has 0 spiro atoms. The monoisotopic (exact) mass is 204 g/mol. The van der Waals surface area contributed by atoms with Crippen molar-refractivity contribution in [2.24, 2.45) is 5.73 Å². The molecule has 15 heavy (non-hydrogen) atoms. The molecule has 1 unspecified atom stereocenters. The second-order valence-electron chi connectivity index (χ2n) is 3.98. The summed E-state index contributed by atoms with van der Waals surface area (Å²) in [6.07, 6.45) is 1.54. The lowest BCUT2D eigenvalue weighted by Gasteiger charge is -2.13. The number of amides is 1. The van der Waals surface area contributed by atoms with Gasteiger partial charge in [-0.15, -0.1) is 0 Å². The topological polar surface area (TPSA) is 55.1 Å². The summed E-state index contributed by atoms with van der Waals surface area (Å²) in [5.74, 6) is 0.494. The molecule has 1 heterocycles. The Kier molecular flexibility index (Phi) is 2.73. The number of rotatable bonds is 3. The number of nitrogens with two attached hydrogens (primary N) is 1. The third-order valence-electron chi connectivity index (χ3n) is 3.00. The van der Waals surface area contributed by atoms with Gasteiger partial charge in [0.15, 0.2) is 0 Å². The molecule has 1 atom stereocenters. The highest BCUT2D eigenvalue weighted by Crippen LogP contribution is 2.27. The highest BCUT2D eigenvalue weighted by molar-refractivity contribution is 5.99. The van der Waals surface area contributed by atoms with Crippen LogP contribution in [-0.4, -0.2) is 12.5 Å². The van der Waals surface area contributed by atoms with Gasteiger partial charge in [0.2, 0.25) is 5.91 Å². The fraction of sp³-hybridized carbons (Fsp3) is 0.417. The number of fused-ring (bicyclic) bond motifs is 1. The largest absolute Gasteiger partial charge is 0.330 e. The van der Waals surface area contributed by atoms with E-state index in [2.05, 4.69) is 24.4 Å². The maximum atomic E-state index is 11.2. The summed E-state index contributed by atoms with van der Waals surface area (Å²) in [5, 5.41) is 2.83. The van der Waals surface area contributed by atoms with Gasteiger partial charge < -0.3 is 11.1 Å². The molecule has 3 heteroatoms. The smallest absolute Gasteiger partial charge is 0.228 e. The maximum absolute atomic E-state index is 11.2. The molecule has 0 radical (unpaired) electrons. The van der Waals surface area contributed by atoms with E-state index in [1.807, 2.05) is 6.07 Å². The van der Waals surface area contributed by atoms with Gasteiger partial charge in [-0.1, -0.05) is 19.1 Å². The molecule has 1 aromatic carbocycles. The molecule has 0 saturated carbocycles. The minimum Gasteiger partial charge on any atom is -0.330 e. The van der Waals surface area contributed by atoms with E-state index in [0.717, 1.165) is 17.7 Å². The average molecular weight is 204 g/mol. The lowest BCUT2D eigenvalue weighted by molar-refractivity contribution is -0.115. The number of nitrogens with one attached hydrogen (secondary N) is 1. The lowest BCUT2D eigenvalue weighted by Crippen LogP contribution is -2.11. The molecule has 1 aliphatic rings. The first-order chi connectivity index (χ1) is 7.24. The molecule has 3 N–H and O–H groups in total. The molecule has 0 saturated heterocycles. The number of anilines is 1. The van der Waals surface area contributed by atoms with Gasteiger partial charge in [0.1, 0.15) is 0 Å². The Hall–Kier alpha value is -1.35. The maximum Gasteiger partial charge on any atom is 0.228 e. The molecule has 0 bridgehead atoms. The van der Waals surface area contributed by atoms with Crippen LogP contribution >= 0.6 is 0 Å². The summed E-state index contributed by atoms with van der Waals surface area (Å²) in [6.45, 7) is 2.80. The van der Waals surface area contributed by atoms with Crippen molar-refractivity contribution < 1.29 is 4.79 Å². The van der Waals surface area contributed by atoms with Crippen molar-refractivity contribution in [3.8, 4) is 0 Å². The highest BCUT2D eigenvalue weighted by Gasteiger charge is 2.18. The molecule has 0 aliphatic carbocycles. The van der Waals surface area contributed by atoms with Crippen LogP contribution in [0.5, 0.6) is 0 Å². The average Bonchev–Trinajstić information content (AvgIpc) is 2.59. The van der Waals surface area contributed by atoms with Gasteiger partial charge in [-0.05, 0) is 36.1 Å². The zero-order chi connectivity index (χ0) is 10.8. The van der Waals surface area contributed by atoms with Gasteiger partial charge in [-0.25, -0.2) is 0 Å². The second-order valence-corrected chi connectivity index (χ2v) is 3.98. The van der Waals surface area contributed by atoms with Crippen molar-refractivity contribution in [1.82, 2.24) is 0 Å². The zero-order valence-electron chi connectivity index (χ0n) is 8.92. The van der Waals surface area contributed by atoms with Crippen LogP contribution in [0, 0.1) is 0 Å². The van der Waals surface area contributed by atoms with Crippen molar-refractivity contribution in [1.29, 1.82) is 0 Å².